The van der Waals surface area contributed by atoms with E-state index in [1.807, 2.05) is 6.26 Å². The highest BCUT2D eigenvalue weighted by molar-refractivity contribution is 7.99. The van der Waals surface area contributed by atoms with Crippen molar-refractivity contribution in [1.29, 1.82) is 0 Å². The van der Waals surface area contributed by atoms with Crippen molar-refractivity contribution in [3.05, 3.63) is 24.0 Å². The Kier molecular flexibility index (Phi) is 6.22. The van der Waals surface area contributed by atoms with E-state index in [0.29, 0.717) is 5.69 Å². The molecule has 1 atom stereocenters. The van der Waals surface area contributed by atoms with Crippen LogP contribution in [0.3, 0.4) is 0 Å². The molecule has 2 amide bonds. The fraction of sp³-hybridized carbons (Fsp3) is 0.467. The number of hydrogen-bond donors (Lipinski definition) is 2. The van der Waals surface area contributed by atoms with Crippen molar-refractivity contribution in [2.75, 3.05) is 16.9 Å². The first-order valence-electron chi connectivity index (χ1n) is 6.75. The quantitative estimate of drug-likeness (QED) is 0.880. The summed E-state index contributed by atoms with van der Waals surface area (Å²) in [5.74, 6) is -0.802. The summed E-state index contributed by atoms with van der Waals surface area (Å²) in [4.78, 5) is 23.5. The van der Waals surface area contributed by atoms with Crippen LogP contribution >= 0.6 is 11.8 Å². The zero-order valence-electron chi connectivity index (χ0n) is 13.3. The molecule has 0 bridgehead atoms. The van der Waals surface area contributed by atoms with Gasteiger partial charge in [0.15, 0.2) is 0 Å². The molecule has 22 heavy (non-hydrogen) atoms. The minimum Gasteiger partial charge on any atom is -0.444 e. The first kappa shape index (κ1) is 18.3. The number of nitrogens with one attached hydrogen (secondary N) is 2. The summed E-state index contributed by atoms with van der Waals surface area (Å²) >= 11 is 1.40. The van der Waals surface area contributed by atoms with Crippen molar-refractivity contribution >= 4 is 35.1 Å². The van der Waals surface area contributed by atoms with Gasteiger partial charge in [0, 0.05) is 5.69 Å². The Balaban J connectivity index is 2.82. The molecule has 0 saturated carbocycles. The third-order valence-electron chi connectivity index (χ3n) is 2.59. The Bertz CT molecular complexity index is 558. The highest BCUT2D eigenvalue weighted by Crippen LogP contribution is 2.21. The van der Waals surface area contributed by atoms with Crippen LogP contribution in [0.2, 0.25) is 0 Å². The number of benzene rings is 1. The van der Waals surface area contributed by atoms with Gasteiger partial charge in [-0.1, -0.05) is 0 Å². The van der Waals surface area contributed by atoms with E-state index in [2.05, 4.69) is 10.6 Å². The molecular formula is C15H21FN2O3S. The van der Waals surface area contributed by atoms with E-state index < -0.39 is 17.5 Å². The highest BCUT2D eigenvalue weighted by atomic mass is 32.2. The van der Waals surface area contributed by atoms with Crippen LogP contribution in [0.1, 0.15) is 27.7 Å². The number of amides is 2. The largest absolute Gasteiger partial charge is 0.444 e. The van der Waals surface area contributed by atoms with E-state index >= 15 is 0 Å². The molecular weight excluding hydrogens is 307 g/mol. The molecule has 0 heterocycles. The highest BCUT2D eigenvalue weighted by Gasteiger charge is 2.18. The monoisotopic (exact) mass is 328 g/mol. The van der Waals surface area contributed by atoms with Crippen LogP contribution in [0.15, 0.2) is 18.2 Å². The second kappa shape index (κ2) is 7.49. The van der Waals surface area contributed by atoms with Crippen molar-refractivity contribution < 1.29 is 18.7 Å². The summed E-state index contributed by atoms with van der Waals surface area (Å²) in [5.41, 5.74) is -0.331. The Morgan fingerprint density at radius 1 is 1.27 bits per heavy atom. The maximum atomic E-state index is 13.7. The lowest BCUT2D eigenvalue weighted by molar-refractivity contribution is -0.115. The Morgan fingerprint density at radius 2 is 1.91 bits per heavy atom. The van der Waals surface area contributed by atoms with Crippen molar-refractivity contribution in [3.63, 3.8) is 0 Å². The number of thioether (sulfide) groups is 1. The number of hydrogen-bond acceptors (Lipinski definition) is 4. The average molecular weight is 328 g/mol. The Labute approximate surface area is 134 Å². The van der Waals surface area contributed by atoms with E-state index in [1.54, 1.807) is 27.7 Å². The van der Waals surface area contributed by atoms with Gasteiger partial charge in [-0.2, -0.15) is 11.8 Å². The third-order valence-corrected chi connectivity index (χ3v) is 3.51. The molecule has 1 unspecified atom stereocenters. The summed E-state index contributed by atoms with van der Waals surface area (Å²) in [6, 6.07) is 3.96. The number of carbonyl (C=O) groups is 2. The summed E-state index contributed by atoms with van der Waals surface area (Å²) in [6.45, 7) is 6.90. The molecule has 0 saturated heterocycles. The fourth-order valence-corrected chi connectivity index (χ4v) is 1.74. The van der Waals surface area contributed by atoms with Crippen molar-refractivity contribution in [2.24, 2.45) is 0 Å². The van der Waals surface area contributed by atoms with Gasteiger partial charge < -0.3 is 10.1 Å². The van der Waals surface area contributed by atoms with Gasteiger partial charge in [0.25, 0.3) is 0 Å². The molecule has 1 rings (SSSR count). The lowest BCUT2D eigenvalue weighted by Crippen LogP contribution is -2.27. The van der Waals surface area contributed by atoms with Gasteiger partial charge in [0.05, 0.1) is 10.9 Å². The molecule has 1 aromatic carbocycles. The van der Waals surface area contributed by atoms with Crippen molar-refractivity contribution in [3.8, 4) is 0 Å². The number of halogens is 1. The SMILES string of the molecule is CSC(C)C(=O)Nc1ccc(F)c(NC(=O)OC(C)(C)C)c1. The summed E-state index contributed by atoms with van der Waals surface area (Å²) in [5, 5.41) is 4.76. The number of ether oxygens (including phenoxy) is 1. The van der Waals surface area contributed by atoms with Gasteiger partial charge in [0.2, 0.25) is 5.91 Å². The third kappa shape index (κ3) is 5.93. The maximum absolute atomic E-state index is 13.7. The first-order valence-corrected chi connectivity index (χ1v) is 8.04. The summed E-state index contributed by atoms with van der Waals surface area (Å²) in [6.07, 6.45) is 1.07. The minimum atomic E-state index is -0.757. The molecule has 5 nitrogen and oxygen atoms in total. The van der Waals surface area contributed by atoms with E-state index in [1.165, 1.54) is 30.0 Å². The van der Waals surface area contributed by atoms with E-state index in [4.69, 9.17) is 4.74 Å². The van der Waals surface area contributed by atoms with Gasteiger partial charge >= 0.3 is 6.09 Å². The van der Waals surface area contributed by atoms with Gasteiger partial charge in [-0.3, -0.25) is 10.1 Å². The molecule has 122 valence electrons. The van der Waals surface area contributed by atoms with Gasteiger partial charge in [-0.15, -0.1) is 0 Å². The van der Waals surface area contributed by atoms with Crippen LogP contribution in [0, 0.1) is 5.82 Å². The minimum absolute atomic E-state index is 0.0520. The topological polar surface area (TPSA) is 67.4 Å². The fourth-order valence-electron chi connectivity index (χ4n) is 1.46. The second-order valence-corrected chi connectivity index (χ2v) is 6.87. The van der Waals surface area contributed by atoms with Crippen molar-refractivity contribution in [1.82, 2.24) is 0 Å². The molecule has 1 aromatic rings. The number of rotatable bonds is 4. The van der Waals surface area contributed by atoms with E-state index in [-0.39, 0.29) is 16.8 Å². The predicted octanol–water partition coefficient (Wildman–Crippen LogP) is 3.86. The Hall–Kier alpha value is -1.76. The molecule has 2 N–H and O–H groups in total. The molecule has 7 heteroatoms. The molecule has 0 radical (unpaired) electrons. The lowest BCUT2D eigenvalue weighted by Gasteiger charge is -2.20. The van der Waals surface area contributed by atoms with Crippen LogP contribution in [-0.2, 0) is 9.53 Å². The van der Waals surface area contributed by atoms with Crippen LogP contribution in [0.4, 0.5) is 20.6 Å². The maximum Gasteiger partial charge on any atom is 0.412 e. The molecule has 0 aromatic heterocycles. The standard InChI is InChI=1S/C15H21FN2O3S/c1-9(22-5)13(19)17-10-6-7-11(16)12(8-10)18-14(20)21-15(2,3)4/h6-9H,1-5H3,(H,17,19)(H,18,20). The smallest absolute Gasteiger partial charge is 0.412 e. The molecule has 0 aliphatic carbocycles. The second-order valence-electron chi connectivity index (χ2n) is 5.69. The average Bonchev–Trinajstić information content (AvgIpc) is 2.39. The van der Waals surface area contributed by atoms with E-state index in [9.17, 15) is 14.0 Å². The first-order chi connectivity index (χ1) is 10.1. The Morgan fingerprint density at radius 3 is 2.45 bits per heavy atom. The molecule has 0 aliphatic rings. The molecule has 0 aliphatic heterocycles. The lowest BCUT2D eigenvalue weighted by atomic mass is 10.2. The summed E-state index contributed by atoms with van der Waals surface area (Å²) in [7, 11) is 0. The zero-order chi connectivity index (χ0) is 16.9. The zero-order valence-corrected chi connectivity index (χ0v) is 14.1. The number of anilines is 2. The summed E-state index contributed by atoms with van der Waals surface area (Å²) < 4.78 is 18.8. The van der Waals surface area contributed by atoms with Gasteiger partial charge in [-0.05, 0) is 52.1 Å². The predicted molar refractivity (Wildman–Crippen MR) is 87.9 cm³/mol. The molecule has 0 fully saturated rings. The molecule has 0 spiro atoms. The van der Waals surface area contributed by atoms with Crippen LogP contribution in [-0.4, -0.2) is 29.1 Å². The van der Waals surface area contributed by atoms with Crippen LogP contribution < -0.4 is 10.6 Å². The van der Waals surface area contributed by atoms with Crippen molar-refractivity contribution in [2.45, 2.75) is 38.5 Å². The van der Waals surface area contributed by atoms with E-state index in [0.717, 1.165) is 0 Å². The number of carbonyl (C=O) groups excluding carboxylic acids is 2. The van der Waals surface area contributed by atoms with Crippen LogP contribution in [0.5, 0.6) is 0 Å². The van der Waals surface area contributed by atoms with Gasteiger partial charge in [0.1, 0.15) is 11.4 Å². The normalized spacial score (nSPS) is 12.5. The van der Waals surface area contributed by atoms with Gasteiger partial charge in [-0.25, -0.2) is 9.18 Å². The van der Waals surface area contributed by atoms with Crippen LogP contribution in [0.25, 0.3) is 0 Å².